The van der Waals surface area contributed by atoms with Gasteiger partial charge in [-0.1, -0.05) is 17.3 Å². The van der Waals surface area contributed by atoms with Crippen LogP contribution < -0.4 is 10.6 Å². The number of anilines is 1. The first-order chi connectivity index (χ1) is 9.66. The molecule has 104 valence electrons. The van der Waals surface area contributed by atoms with E-state index in [2.05, 4.69) is 20.8 Å². The highest BCUT2D eigenvalue weighted by molar-refractivity contribution is 5.99. The number of rotatable bonds is 5. The number of hydrogen-bond acceptors (Lipinski definition) is 5. The molecule has 2 aromatic rings. The van der Waals surface area contributed by atoms with E-state index in [0.717, 1.165) is 0 Å². The molecule has 0 saturated carbocycles. The van der Waals surface area contributed by atoms with Gasteiger partial charge < -0.3 is 20.3 Å². The van der Waals surface area contributed by atoms with Crippen molar-refractivity contribution in [1.82, 2.24) is 15.5 Å². The number of amides is 2. The lowest BCUT2D eigenvalue weighted by Crippen LogP contribution is -2.31. The minimum Gasteiger partial charge on any atom is -0.478 e. The minimum atomic E-state index is -1.10. The third kappa shape index (κ3) is 3.55. The maximum Gasteiger partial charge on any atom is 0.337 e. The van der Waals surface area contributed by atoms with Crippen LogP contribution in [0.25, 0.3) is 0 Å². The Morgan fingerprint density at radius 1 is 1.30 bits per heavy atom. The lowest BCUT2D eigenvalue weighted by Gasteiger charge is -2.08. The van der Waals surface area contributed by atoms with Gasteiger partial charge in [0.25, 0.3) is 0 Å². The SMILES string of the molecule is O=C(NCCc1ncno1)Nc1ccccc1C(=O)O. The Hall–Kier alpha value is -2.90. The van der Waals surface area contributed by atoms with Gasteiger partial charge >= 0.3 is 12.0 Å². The molecule has 2 rings (SSSR count). The van der Waals surface area contributed by atoms with Crippen molar-refractivity contribution >= 4 is 17.7 Å². The van der Waals surface area contributed by atoms with E-state index < -0.39 is 12.0 Å². The summed E-state index contributed by atoms with van der Waals surface area (Å²) in [6.45, 7) is 0.295. The number of carboxylic acid groups (broad SMARTS) is 1. The van der Waals surface area contributed by atoms with Crippen LogP contribution in [0.3, 0.4) is 0 Å². The molecule has 0 bridgehead atoms. The zero-order valence-corrected chi connectivity index (χ0v) is 10.4. The molecule has 0 saturated heterocycles. The van der Waals surface area contributed by atoms with E-state index >= 15 is 0 Å². The van der Waals surface area contributed by atoms with E-state index in [-0.39, 0.29) is 11.3 Å². The largest absolute Gasteiger partial charge is 0.478 e. The summed E-state index contributed by atoms with van der Waals surface area (Å²) in [5.41, 5.74) is 0.259. The molecule has 1 aromatic carbocycles. The van der Waals surface area contributed by atoms with Crippen LogP contribution in [0.2, 0.25) is 0 Å². The molecule has 0 radical (unpaired) electrons. The predicted octanol–water partition coefficient (Wildman–Crippen LogP) is 1.13. The molecule has 0 aliphatic rings. The summed E-state index contributed by atoms with van der Waals surface area (Å²) < 4.78 is 4.77. The van der Waals surface area contributed by atoms with E-state index in [1.54, 1.807) is 12.1 Å². The summed E-state index contributed by atoms with van der Waals surface area (Å²) in [6.07, 6.45) is 1.67. The molecular formula is C12H12N4O4. The molecule has 1 aromatic heterocycles. The van der Waals surface area contributed by atoms with Gasteiger partial charge in [-0.3, -0.25) is 0 Å². The Morgan fingerprint density at radius 3 is 2.80 bits per heavy atom. The Morgan fingerprint density at radius 2 is 2.10 bits per heavy atom. The molecule has 1 heterocycles. The second-order valence-electron chi connectivity index (χ2n) is 3.82. The quantitative estimate of drug-likeness (QED) is 0.753. The number of hydrogen-bond donors (Lipinski definition) is 3. The summed E-state index contributed by atoms with van der Waals surface area (Å²) in [5, 5.41) is 17.5. The fourth-order valence-electron chi connectivity index (χ4n) is 1.53. The van der Waals surface area contributed by atoms with Crippen LogP contribution in [0.15, 0.2) is 35.1 Å². The van der Waals surface area contributed by atoms with Crippen molar-refractivity contribution in [2.75, 3.05) is 11.9 Å². The van der Waals surface area contributed by atoms with Crippen molar-refractivity contribution < 1.29 is 19.2 Å². The van der Waals surface area contributed by atoms with Gasteiger partial charge in [-0.05, 0) is 12.1 Å². The number of aromatic carboxylic acids is 1. The third-order valence-electron chi connectivity index (χ3n) is 2.44. The zero-order valence-electron chi connectivity index (χ0n) is 10.4. The van der Waals surface area contributed by atoms with Crippen molar-refractivity contribution in [2.24, 2.45) is 0 Å². The van der Waals surface area contributed by atoms with Crippen LogP contribution in [0, 0.1) is 0 Å². The molecule has 20 heavy (non-hydrogen) atoms. The van der Waals surface area contributed by atoms with Crippen molar-refractivity contribution in [3.8, 4) is 0 Å². The summed E-state index contributed by atoms with van der Waals surface area (Å²) in [4.78, 5) is 26.4. The first-order valence-corrected chi connectivity index (χ1v) is 5.79. The monoisotopic (exact) mass is 276 g/mol. The molecule has 0 spiro atoms. The topological polar surface area (TPSA) is 117 Å². The average Bonchev–Trinajstić information content (AvgIpc) is 2.92. The highest BCUT2D eigenvalue weighted by atomic mass is 16.5. The number of carbonyl (C=O) groups is 2. The van der Waals surface area contributed by atoms with Crippen LogP contribution in [0.5, 0.6) is 0 Å². The normalized spacial score (nSPS) is 10.0. The molecule has 8 heteroatoms. The van der Waals surface area contributed by atoms with Crippen LogP contribution in [-0.4, -0.2) is 33.8 Å². The third-order valence-corrected chi connectivity index (χ3v) is 2.44. The Balaban J connectivity index is 1.87. The van der Waals surface area contributed by atoms with Crippen molar-refractivity contribution in [3.63, 3.8) is 0 Å². The Labute approximate surface area is 113 Å². The minimum absolute atomic E-state index is 0.0274. The number of aromatic nitrogens is 2. The fraction of sp³-hybridized carbons (Fsp3) is 0.167. The second kappa shape index (κ2) is 6.32. The zero-order chi connectivity index (χ0) is 14.4. The fourth-order valence-corrected chi connectivity index (χ4v) is 1.53. The maximum absolute atomic E-state index is 11.6. The van der Waals surface area contributed by atoms with Gasteiger partial charge in [-0.2, -0.15) is 4.98 Å². The smallest absolute Gasteiger partial charge is 0.337 e. The van der Waals surface area contributed by atoms with Crippen LogP contribution >= 0.6 is 0 Å². The number of nitrogens with one attached hydrogen (secondary N) is 2. The molecule has 0 aliphatic heterocycles. The van der Waals surface area contributed by atoms with Crippen molar-refractivity contribution in [1.29, 1.82) is 0 Å². The first-order valence-electron chi connectivity index (χ1n) is 5.79. The summed E-state index contributed by atoms with van der Waals surface area (Å²) >= 11 is 0. The highest BCUT2D eigenvalue weighted by Crippen LogP contribution is 2.14. The molecule has 8 nitrogen and oxygen atoms in total. The predicted molar refractivity (Wildman–Crippen MR) is 68.4 cm³/mol. The molecule has 0 unspecified atom stereocenters. The molecule has 2 amide bonds. The van der Waals surface area contributed by atoms with E-state index in [1.807, 2.05) is 0 Å². The van der Waals surface area contributed by atoms with Gasteiger partial charge in [0.2, 0.25) is 5.89 Å². The van der Waals surface area contributed by atoms with E-state index in [9.17, 15) is 9.59 Å². The molecule has 0 aliphatic carbocycles. The number of carboxylic acids is 1. The number of benzene rings is 1. The summed E-state index contributed by atoms with van der Waals surface area (Å²) in [7, 11) is 0. The average molecular weight is 276 g/mol. The lowest BCUT2D eigenvalue weighted by molar-refractivity contribution is 0.0698. The lowest BCUT2D eigenvalue weighted by atomic mass is 10.2. The van der Waals surface area contributed by atoms with Gasteiger partial charge in [0.1, 0.15) is 0 Å². The Kier molecular flexibility index (Phi) is 4.28. The maximum atomic E-state index is 11.6. The Bertz CT molecular complexity index is 597. The summed E-state index contributed by atoms with van der Waals surface area (Å²) in [5.74, 6) is -0.692. The molecule has 0 atom stereocenters. The van der Waals surface area contributed by atoms with Gasteiger partial charge in [-0.15, -0.1) is 0 Å². The number of urea groups is 1. The van der Waals surface area contributed by atoms with Gasteiger partial charge in [0, 0.05) is 13.0 Å². The number of para-hydroxylation sites is 1. The highest BCUT2D eigenvalue weighted by Gasteiger charge is 2.11. The van der Waals surface area contributed by atoms with Crippen LogP contribution in [0.4, 0.5) is 10.5 Å². The molecular weight excluding hydrogens is 264 g/mol. The van der Waals surface area contributed by atoms with E-state index in [1.165, 1.54) is 18.5 Å². The van der Waals surface area contributed by atoms with Gasteiger partial charge in [0.15, 0.2) is 6.33 Å². The second-order valence-corrected chi connectivity index (χ2v) is 3.82. The van der Waals surface area contributed by atoms with E-state index in [4.69, 9.17) is 9.63 Å². The van der Waals surface area contributed by atoms with E-state index in [0.29, 0.717) is 18.9 Å². The number of carbonyl (C=O) groups excluding carboxylic acids is 1. The van der Waals surface area contributed by atoms with Gasteiger partial charge in [0.05, 0.1) is 11.3 Å². The van der Waals surface area contributed by atoms with Crippen LogP contribution in [0.1, 0.15) is 16.2 Å². The van der Waals surface area contributed by atoms with Crippen LogP contribution in [-0.2, 0) is 6.42 Å². The van der Waals surface area contributed by atoms with Crippen molar-refractivity contribution in [3.05, 3.63) is 42.0 Å². The standard InChI is InChI=1S/C12H12N4O4/c17-11(18)8-3-1-2-4-9(8)16-12(19)13-6-5-10-14-7-15-20-10/h1-4,7H,5-6H2,(H,17,18)(H2,13,16,19). The number of nitrogens with zero attached hydrogens (tertiary/aromatic N) is 2. The summed E-state index contributed by atoms with van der Waals surface area (Å²) in [6, 6.07) is 5.65. The van der Waals surface area contributed by atoms with Gasteiger partial charge in [-0.25, -0.2) is 9.59 Å². The first kappa shape index (κ1) is 13.5. The molecule has 0 fully saturated rings. The van der Waals surface area contributed by atoms with Crippen molar-refractivity contribution in [2.45, 2.75) is 6.42 Å². The molecule has 3 N–H and O–H groups in total.